The summed E-state index contributed by atoms with van der Waals surface area (Å²) in [5, 5.41) is 0. The number of fused-ring (bicyclic) bond motifs is 1. The average Bonchev–Trinajstić information content (AvgIpc) is 2.94. The van der Waals surface area contributed by atoms with E-state index in [-0.39, 0.29) is 11.8 Å². The van der Waals surface area contributed by atoms with Gasteiger partial charge >= 0.3 is 0 Å². The van der Waals surface area contributed by atoms with Crippen LogP contribution < -0.4 is 0 Å². The Labute approximate surface area is 147 Å². The Kier molecular flexibility index (Phi) is 4.19. The predicted molar refractivity (Wildman–Crippen MR) is 94.9 cm³/mol. The molecule has 2 aromatic rings. The Morgan fingerprint density at radius 1 is 1.12 bits per heavy atom. The number of aryl methyl sites for hydroxylation is 1. The standard InChI is InChI=1S/C19H24N4O2/c1-21-13-20-16-11-14(5-6-17(16)21)12-18(24)22-7-9-23(10-8-22)19(25)15-3-2-4-15/h5-6,11,13,15H,2-4,7-10,12H2,1H3. The number of amides is 2. The Bertz CT molecular complexity index is 801. The molecule has 2 heterocycles. The van der Waals surface area contributed by atoms with Crippen LogP contribution in [0, 0.1) is 5.92 Å². The summed E-state index contributed by atoms with van der Waals surface area (Å²) in [5.41, 5.74) is 2.98. The van der Waals surface area contributed by atoms with Crippen LogP contribution in [0.25, 0.3) is 11.0 Å². The Morgan fingerprint density at radius 2 is 1.84 bits per heavy atom. The Hall–Kier alpha value is -2.37. The van der Waals surface area contributed by atoms with Gasteiger partial charge in [0.2, 0.25) is 11.8 Å². The lowest BCUT2D eigenvalue weighted by Gasteiger charge is -2.38. The molecule has 1 aromatic carbocycles. The number of imidazole rings is 1. The summed E-state index contributed by atoms with van der Waals surface area (Å²) in [7, 11) is 1.96. The van der Waals surface area contributed by atoms with Crippen molar-refractivity contribution >= 4 is 22.8 Å². The number of piperazine rings is 1. The average molecular weight is 340 g/mol. The third kappa shape index (κ3) is 3.13. The maximum absolute atomic E-state index is 12.6. The van der Waals surface area contributed by atoms with Crippen molar-refractivity contribution in [2.75, 3.05) is 26.2 Å². The fraction of sp³-hybridized carbons (Fsp3) is 0.526. The van der Waals surface area contributed by atoms with Crippen LogP contribution in [0.5, 0.6) is 0 Å². The zero-order valence-electron chi connectivity index (χ0n) is 14.6. The van der Waals surface area contributed by atoms with Crippen LogP contribution in [-0.4, -0.2) is 57.3 Å². The summed E-state index contributed by atoms with van der Waals surface area (Å²) in [6, 6.07) is 6.00. The van der Waals surface area contributed by atoms with Crippen LogP contribution in [0.3, 0.4) is 0 Å². The molecule has 0 radical (unpaired) electrons. The molecular formula is C19H24N4O2. The SMILES string of the molecule is Cn1cnc2cc(CC(=O)N3CCN(C(=O)C4CCC4)CC3)ccc21. The number of hydrogen-bond donors (Lipinski definition) is 0. The smallest absolute Gasteiger partial charge is 0.227 e. The minimum Gasteiger partial charge on any atom is -0.339 e. The normalized spacial score (nSPS) is 18.4. The first-order valence-electron chi connectivity index (χ1n) is 9.08. The number of carbonyl (C=O) groups excluding carboxylic acids is 2. The van der Waals surface area contributed by atoms with Crippen LogP contribution in [-0.2, 0) is 23.1 Å². The van der Waals surface area contributed by atoms with Crippen LogP contribution in [0.4, 0.5) is 0 Å². The van der Waals surface area contributed by atoms with E-state index in [2.05, 4.69) is 4.98 Å². The van der Waals surface area contributed by atoms with Crippen molar-refractivity contribution in [1.82, 2.24) is 19.4 Å². The van der Waals surface area contributed by atoms with Gasteiger partial charge in [-0.3, -0.25) is 9.59 Å². The number of carbonyl (C=O) groups is 2. The molecule has 0 atom stereocenters. The molecule has 4 rings (SSSR count). The highest BCUT2D eigenvalue weighted by Crippen LogP contribution is 2.28. The number of rotatable bonds is 3. The van der Waals surface area contributed by atoms with Crippen molar-refractivity contribution in [2.24, 2.45) is 13.0 Å². The maximum Gasteiger partial charge on any atom is 0.227 e. The van der Waals surface area contributed by atoms with Crippen molar-refractivity contribution < 1.29 is 9.59 Å². The van der Waals surface area contributed by atoms with Crippen molar-refractivity contribution in [2.45, 2.75) is 25.7 Å². The van der Waals surface area contributed by atoms with Gasteiger partial charge in [-0.1, -0.05) is 12.5 Å². The lowest BCUT2D eigenvalue weighted by molar-refractivity contribution is -0.143. The molecule has 0 unspecified atom stereocenters. The van der Waals surface area contributed by atoms with Gasteiger partial charge in [-0.05, 0) is 30.5 Å². The lowest BCUT2D eigenvalue weighted by Crippen LogP contribution is -2.52. The van der Waals surface area contributed by atoms with E-state index in [4.69, 9.17) is 0 Å². The summed E-state index contributed by atoms with van der Waals surface area (Å²) in [5.74, 6) is 0.664. The largest absolute Gasteiger partial charge is 0.339 e. The second kappa shape index (κ2) is 6.50. The zero-order chi connectivity index (χ0) is 17.4. The number of benzene rings is 1. The monoisotopic (exact) mass is 340 g/mol. The molecule has 2 fully saturated rings. The van der Waals surface area contributed by atoms with E-state index in [9.17, 15) is 9.59 Å². The minimum atomic E-state index is 0.131. The molecular weight excluding hydrogens is 316 g/mol. The zero-order valence-corrected chi connectivity index (χ0v) is 14.6. The summed E-state index contributed by atoms with van der Waals surface area (Å²) in [4.78, 5) is 33.0. The summed E-state index contributed by atoms with van der Waals surface area (Å²) >= 11 is 0. The minimum absolute atomic E-state index is 0.131. The van der Waals surface area contributed by atoms with Gasteiger partial charge in [0.15, 0.2) is 0 Å². The van der Waals surface area contributed by atoms with Crippen LogP contribution >= 0.6 is 0 Å². The Morgan fingerprint density at radius 3 is 2.52 bits per heavy atom. The van der Waals surface area contributed by atoms with Crippen LogP contribution in [0.1, 0.15) is 24.8 Å². The first kappa shape index (κ1) is 16.1. The molecule has 1 saturated carbocycles. The molecule has 1 aliphatic carbocycles. The van der Waals surface area contributed by atoms with E-state index in [1.807, 2.05) is 39.6 Å². The van der Waals surface area contributed by atoms with E-state index in [0.29, 0.717) is 38.5 Å². The summed E-state index contributed by atoms with van der Waals surface area (Å²) in [6.07, 6.45) is 5.43. The van der Waals surface area contributed by atoms with Gasteiger partial charge in [-0.2, -0.15) is 0 Å². The van der Waals surface area contributed by atoms with Crippen molar-refractivity contribution in [3.05, 3.63) is 30.1 Å². The molecule has 6 heteroatoms. The van der Waals surface area contributed by atoms with Gasteiger partial charge in [0.1, 0.15) is 0 Å². The molecule has 25 heavy (non-hydrogen) atoms. The summed E-state index contributed by atoms with van der Waals surface area (Å²) in [6.45, 7) is 2.62. The van der Waals surface area contributed by atoms with E-state index in [1.165, 1.54) is 6.42 Å². The number of aromatic nitrogens is 2. The van der Waals surface area contributed by atoms with E-state index in [0.717, 1.165) is 29.4 Å². The summed E-state index contributed by atoms with van der Waals surface area (Å²) < 4.78 is 1.97. The van der Waals surface area contributed by atoms with Gasteiger partial charge in [-0.25, -0.2) is 4.98 Å². The van der Waals surface area contributed by atoms with Gasteiger partial charge < -0.3 is 14.4 Å². The molecule has 1 saturated heterocycles. The first-order valence-corrected chi connectivity index (χ1v) is 9.08. The van der Waals surface area contributed by atoms with Gasteiger partial charge in [-0.15, -0.1) is 0 Å². The van der Waals surface area contributed by atoms with E-state index in [1.54, 1.807) is 6.33 Å². The highest BCUT2D eigenvalue weighted by Gasteiger charge is 2.31. The number of hydrogen-bond acceptors (Lipinski definition) is 3. The molecule has 132 valence electrons. The highest BCUT2D eigenvalue weighted by molar-refractivity contribution is 5.83. The third-order valence-electron chi connectivity index (χ3n) is 5.54. The Balaban J connectivity index is 1.34. The van der Waals surface area contributed by atoms with Crippen LogP contribution in [0.2, 0.25) is 0 Å². The fourth-order valence-electron chi connectivity index (χ4n) is 3.67. The second-order valence-corrected chi connectivity index (χ2v) is 7.19. The van der Waals surface area contributed by atoms with Crippen molar-refractivity contribution in [1.29, 1.82) is 0 Å². The van der Waals surface area contributed by atoms with Crippen molar-refractivity contribution in [3.63, 3.8) is 0 Å². The van der Waals surface area contributed by atoms with Gasteiger partial charge in [0, 0.05) is 39.1 Å². The third-order valence-corrected chi connectivity index (χ3v) is 5.54. The second-order valence-electron chi connectivity index (χ2n) is 7.19. The lowest BCUT2D eigenvalue weighted by atomic mass is 9.84. The first-order chi connectivity index (χ1) is 12.1. The fourth-order valence-corrected chi connectivity index (χ4v) is 3.67. The molecule has 0 N–H and O–H groups in total. The number of nitrogens with zero attached hydrogens (tertiary/aromatic N) is 4. The molecule has 6 nitrogen and oxygen atoms in total. The molecule has 2 aliphatic rings. The molecule has 2 amide bonds. The van der Waals surface area contributed by atoms with E-state index < -0.39 is 0 Å². The highest BCUT2D eigenvalue weighted by atomic mass is 16.2. The topological polar surface area (TPSA) is 58.4 Å². The maximum atomic E-state index is 12.6. The molecule has 0 spiro atoms. The molecule has 1 aromatic heterocycles. The van der Waals surface area contributed by atoms with Crippen LogP contribution in [0.15, 0.2) is 24.5 Å². The molecule has 0 bridgehead atoms. The molecule has 1 aliphatic heterocycles. The van der Waals surface area contributed by atoms with Gasteiger partial charge in [0.05, 0.1) is 23.8 Å². The van der Waals surface area contributed by atoms with E-state index >= 15 is 0 Å². The quantitative estimate of drug-likeness (QED) is 0.852. The van der Waals surface area contributed by atoms with Crippen molar-refractivity contribution in [3.8, 4) is 0 Å². The van der Waals surface area contributed by atoms with Gasteiger partial charge in [0.25, 0.3) is 0 Å². The predicted octanol–water partition coefficient (Wildman–Crippen LogP) is 1.59.